The van der Waals surface area contributed by atoms with Gasteiger partial charge in [0.2, 0.25) is 0 Å². The molecule has 3 heterocycles. The number of benzene rings is 2. The molecule has 0 unspecified atom stereocenters. The van der Waals surface area contributed by atoms with Crippen molar-refractivity contribution in [1.29, 1.82) is 0 Å². The standard InChI is InChI=1S/C26H24BrN5/c27-23-15-22(17-28-18-23)24-16-25(30-26(29-24)21-9-5-2-6-10-21)32-13-11-31(12-14-32)19-20-7-3-1-4-8-20/h1-10,15-18H,11-14,19H2. The number of hydrogen-bond donors (Lipinski definition) is 0. The van der Waals surface area contributed by atoms with E-state index in [0.717, 1.165) is 65.7 Å². The molecule has 0 amide bonds. The molecule has 5 rings (SSSR count). The number of rotatable bonds is 5. The first-order valence-electron chi connectivity index (χ1n) is 10.8. The topological polar surface area (TPSA) is 45.2 Å². The molecule has 0 radical (unpaired) electrons. The van der Waals surface area contributed by atoms with Gasteiger partial charge in [0, 0.05) is 66.8 Å². The normalized spacial score (nSPS) is 14.5. The average Bonchev–Trinajstić information content (AvgIpc) is 2.85. The van der Waals surface area contributed by atoms with Gasteiger partial charge in [-0.3, -0.25) is 9.88 Å². The van der Waals surface area contributed by atoms with Crippen LogP contribution in [0.4, 0.5) is 5.82 Å². The number of pyridine rings is 1. The summed E-state index contributed by atoms with van der Waals surface area (Å²) in [7, 11) is 0. The molecule has 4 aromatic rings. The number of hydrogen-bond acceptors (Lipinski definition) is 5. The fourth-order valence-corrected chi connectivity index (χ4v) is 4.35. The molecule has 32 heavy (non-hydrogen) atoms. The van der Waals surface area contributed by atoms with Crippen molar-refractivity contribution in [2.75, 3.05) is 31.1 Å². The maximum absolute atomic E-state index is 4.95. The lowest BCUT2D eigenvalue weighted by atomic mass is 10.1. The highest BCUT2D eigenvalue weighted by atomic mass is 79.9. The SMILES string of the molecule is Brc1cncc(-c2cc(N3CCN(Cc4ccccc4)CC3)nc(-c3ccccc3)n2)c1. The van der Waals surface area contributed by atoms with E-state index in [9.17, 15) is 0 Å². The minimum Gasteiger partial charge on any atom is -0.354 e. The van der Waals surface area contributed by atoms with E-state index >= 15 is 0 Å². The molecule has 2 aromatic heterocycles. The minimum atomic E-state index is 0.741. The highest BCUT2D eigenvalue weighted by molar-refractivity contribution is 9.10. The van der Waals surface area contributed by atoms with Crippen molar-refractivity contribution in [3.8, 4) is 22.6 Å². The predicted octanol–water partition coefficient (Wildman–Crippen LogP) is 5.29. The van der Waals surface area contributed by atoms with Crippen molar-refractivity contribution >= 4 is 21.7 Å². The van der Waals surface area contributed by atoms with Crippen molar-refractivity contribution in [2.45, 2.75) is 6.54 Å². The van der Waals surface area contributed by atoms with Crippen LogP contribution in [-0.4, -0.2) is 46.0 Å². The summed E-state index contributed by atoms with van der Waals surface area (Å²) in [5.41, 5.74) is 4.23. The van der Waals surface area contributed by atoms with Crippen LogP contribution in [0, 0.1) is 0 Å². The van der Waals surface area contributed by atoms with Crippen molar-refractivity contribution in [3.05, 3.63) is 95.2 Å². The Hall–Kier alpha value is -3.09. The van der Waals surface area contributed by atoms with Crippen LogP contribution in [0.2, 0.25) is 0 Å². The van der Waals surface area contributed by atoms with Gasteiger partial charge >= 0.3 is 0 Å². The Morgan fingerprint density at radius 2 is 1.47 bits per heavy atom. The summed E-state index contributed by atoms with van der Waals surface area (Å²) in [6.45, 7) is 4.88. The van der Waals surface area contributed by atoms with Crippen LogP contribution in [0.15, 0.2) is 89.7 Å². The van der Waals surface area contributed by atoms with E-state index < -0.39 is 0 Å². The molecule has 160 valence electrons. The van der Waals surface area contributed by atoms with Gasteiger partial charge in [-0.15, -0.1) is 0 Å². The van der Waals surface area contributed by atoms with Gasteiger partial charge in [0.25, 0.3) is 0 Å². The maximum Gasteiger partial charge on any atom is 0.162 e. The number of halogens is 1. The summed E-state index contributed by atoms with van der Waals surface area (Å²) in [4.78, 5) is 19.0. The van der Waals surface area contributed by atoms with Crippen LogP contribution in [0.25, 0.3) is 22.6 Å². The number of anilines is 1. The first-order chi connectivity index (χ1) is 15.7. The summed E-state index contributed by atoms with van der Waals surface area (Å²) < 4.78 is 0.936. The van der Waals surface area contributed by atoms with E-state index in [2.05, 4.69) is 79.2 Å². The Morgan fingerprint density at radius 1 is 0.750 bits per heavy atom. The van der Waals surface area contributed by atoms with E-state index in [1.54, 1.807) is 6.20 Å². The van der Waals surface area contributed by atoms with Crippen molar-refractivity contribution in [3.63, 3.8) is 0 Å². The number of aromatic nitrogens is 3. The summed E-state index contributed by atoms with van der Waals surface area (Å²) >= 11 is 3.53. The Bertz CT molecular complexity index is 1180. The summed E-state index contributed by atoms with van der Waals surface area (Å²) in [6, 6.07) is 25.0. The molecule has 0 aliphatic carbocycles. The molecule has 1 fully saturated rings. The van der Waals surface area contributed by atoms with Crippen molar-refractivity contribution in [2.24, 2.45) is 0 Å². The Kier molecular flexibility index (Phi) is 6.23. The summed E-state index contributed by atoms with van der Waals surface area (Å²) in [6.07, 6.45) is 3.64. The van der Waals surface area contributed by atoms with Crippen LogP contribution in [0.5, 0.6) is 0 Å². The lowest BCUT2D eigenvalue weighted by Gasteiger charge is -2.35. The molecule has 0 atom stereocenters. The third kappa shape index (κ3) is 4.87. The highest BCUT2D eigenvalue weighted by Gasteiger charge is 2.20. The first kappa shape index (κ1) is 20.8. The molecule has 6 heteroatoms. The zero-order chi connectivity index (χ0) is 21.8. The first-order valence-corrected chi connectivity index (χ1v) is 11.6. The fourth-order valence-electron chi connectivity index (χ4n) is 3.99. The molecular formula is C26H24BrN5. The molecule has 0 spiro atoms. The van der Waals surface area contributed by atoms with Crippen molar-refractivity contribution < 1.29 is 0 Å². The maximum atomic E-state index is 4.95. The van der Waals surface area contributed by atoms with E-state index in [1.165, 1.54) is 5.56 Å². The van der Waals surface area contributed by atoms with E-state index in [4.69, 9.17) is 9.97 Å². The second-order valence-electron chi connectivity index (χ2n) is 7.94. The molecule has 0 saturated carbocycles. The lowest BCUT2D eigenvalue weighted by Crippen LogP contribution is -2.46. The second kappa shape index (κ2) is 9.59. The van der Waals surface area contributed by atoms with Gasteiger partial charge < -0.3 is 4.90 Å². The fraction of sp³-hybridized carbons (Fsp3) is 0.192. The highest BCUT2D eigenvalue weighted by Crippen LogP contribution is 2.27. The van der Waals surface area contributed by atoms with Gasteiger partial charge in [-0.1, -0.05) is 60.7 Å². The molecule has 2 aromatic carbocycles. The van der Waals surface area contributed by atoms with Crippen molar-refractivity contribution in [1.82, 2.24) is 19.9 Å². The Labute approximate surface area is 196 Å². The molecule has 1 aliphatic rings. The lowest BCUT2D eigenvalue weighted by molar-refractivity contribution is 0.249. The Morgan fingerprint density at radius 3 is 2.19 bits per heavy atom. The molecular weight excluding hydrogens is 462 g/mol. The molecule has 1 aliphatic heterocycles. The van der Waals surface area contributed by atoms with Gasteiger partial charge in [-0.2, -0.15) is 0 Å². The Balaban J connectivity index is 1.41. The predicted molar refractivity (Wildman–Crippen MR) is 132 cm³/mol. The van der Waals surface area contributed by atoms with E-state index in [1.807, 2.05) is 30.5 Å². The molecule has 0 bridgehead atoms. The monoisotopic (exact) mass is 485 g/mol. The summed E-state index contributed by atoms with van der Waals surface area (Å²) in [5, 5.41) is 0. The van der Waals surface area contributed by atoms with Gasteiger partial charge in [-0.25, -0.2) is 9.97 Å². The summed E-state index contributed by atoms with van der Waals surface area (Å²) in [5.74, 6) is 1.71. The zero-order valence-corrected chi connectivity index (χ0v) is 19.3. The number of piperazine rings is 1. The van der Waals surface area contributed by atoms with Gasteiger partial charge in [0.15, 0.2) is 5.82 Å². The van der Waals surface area contributed by atoms with Crippen LogP contribution in [0.1, 0.15) is 5.56 Å². The van der Waals surface area contributed by atoms with E-state index in [0.29, 0.717) is 0 Å². The average molecular weight is 486 g/mol. The third-order valence-electron chi connectivity index (χ3n) is 5.69. The third-order valence-corrected chi connectivity index (χ3v) is 6.12. The zero-order valence-electron chi connectivity index (χ0n) is 17.7. The quantitative estimate of drug-likeness (QED) is 0.384. The second-order valence-corrected chi connectivity index (χ2v) is 8.86. The number of nitrogens with zero attached hydrogens (tertiary/aromatic N) is 5. The molecule has 0 N–H and O–H groups in total. The van der Waals surface area contributed by atoms with E-state index in [-0.39, 0.29) is 0 Å². The smallest absolute Gasteiger partial charge is 0.162 e. The molecule has 5 nitrogen and oxygen atoms in total. The van der Waals surface area contributed by atoms with Crippen LogP contribution in [0.3, 0.4) is 0 Å². The van der Waals surface area contributed by atoms with Crippen LogP contribution >= 0.6 is 15.9 Å². The van der Waals surface area contributed by atoms with Gasteiger partial charge in [0.1, 0.15) is 5.82 Å². The molecule has 1 saturated heterocycles. The van der Waals surface area contributed by atoms with Gasteiger partial charge in [-0.05, 0) is 27.6 Å². The largest absolute Gasteiger partial charge is 0.354 e. The van der Waals surface area contributed by atoms with Gasteiger partial charge in [0.05, 0.1) is 5.69 Å². The van der Waals surface area contributed by atoms with Crippen LogP contribution in [-0.2, 0) is 6.54 Å². The van der Waals surface area contributed by atoms with Crippen LogP contribution < -0.4 is 4.90 Å². The minimum absolute atomic E-state index is 0.741.